The van der Waals surface area contributed by atoms with Crippen LogP contribution in [-0.2, 0) is 7.05 Å². The van der Waals surface area contributed by atoms with E-state index in [0.29, 0.717) is 5.57 Å². The van der Waals surface area contributed by atoms with E-state index in [4.69, 9.17) is 5.73 Å². The molecule has 1 heterocycles. The molecular weight excluding hydrogens is 300 g/mol. The molecule has 2 unspecified atom stereocenters. The Hall–Kier alpha value is -3.04. The highest BCUT2D eigenvalue weighted by Crippen LogP contribution is 2.56. The number of allylic oxidation sites excluding steroid dienone is 4. The van der Waals surface area contributed by atoms with Crippen LogP contribution in [0.2, 0.25) is 0 Å². The molecule has 2 aliphatic carbocycles. The molecule has 24 heavy (non-hydrogen) atoms. The minimum Gasteiger partial charge on any atom is -0.399 e. The van der Waals surface area contributed by atoms with Crippen molar-refractivity contribution < 1.29 is 0 Å². The first-order chi connectivity index (χ1) is 11.5. The lowest BCUT2D eigenvalue weighted by Gasteiger charge is -2.43. The van der Waals surface area contributed by atoms with Crippen LogP contribution in [0.3, 0.4) is 0 Å². The van der Waals surface area contributed by atoms with Gasteiger partial charge in [0.25, 0.3) is 0 Å². The fraction of sp³-hybridized carbons (Fsp3) is 0.444. The predicted molar refractivity (Wildman–Crippen MR) is 86.6 cm³/mol. The van der Waals surface area contributed by atoms with Crippen molar-refractivity contribution in [3.05, 3.63) is 40.4 Å². The largest absolute Gasteiger partial charge is 0.399 e. The molecule has 6 heteroatoms. The van der Waals surface area contributed by atoms with E-state index in [0.717, 1.165) is 36.1 Å². The third kappa shape index (κ3) is 1.95. The summed E-state index contributed by atoms with van der Waals surface area (Å²) in [5.74, 6) is -0.479. The summed E-state index contributed by atoms with van der Waals surface area (Å²) < 4.78 is 1.69. The first-order valence-electron chi connectivity index (χ1n) is 7.93. The van der Waals surface area contributed by atoms with E-state index in [-0.39, 0.29) is 11.6 Å². The highest BCUT2D eigenvalue weighted by atomic mass is 15.2. The van der Waals surface area contributed by atoms with Crippen LogP contribution < -0.4 is 5.73 Å². The number of rotatable bonds is 1. The molecule has 120 valence electrons. The predicted octanol–water partition coefficient (Wildman–Crippen LogP) is 2.32. The molecule has 0 aliphatic heterocycles. The fourth-order valence-electron chi connectivity index (χ4n) is 4.14. The maximum Gasteiger partial charge on any atom is 0.191 e. The van der Waals surface area contributed by atoms with Gasteiger partial charge in [0, 0.05) is 19.2 Å². The smallest absolute Gasteiger partial charge is 0.191 e. The van der Waals surface area contributed by atoms with Gasteiger partial charge in [0.2, 0.25) is 0 Å². The first kappa shape index (κ1) is 15.8. The molecule has 0 radical (unpaired) electrons. The summed E-state index contributed by atoms with van der Waals surface area (Å²) in [7, 11) is 1.82. The van der Waals surface area contributed by atoms with Gasteiger partial charge in [0.15, 0.2) is 5.41 Å². The Bertz CT molecular complexity index is 866. The third-order valence-electron chi connectivity index (χ3n) is 5.19. The van der Waals surface area contributed by atoms with Crippen LogP contribution in [0.1, 0.15) is 36.4 Å². The monoisotopic (exact) mass is 318 g/mol. The second kappa shape index (κ2) is 5.55. The summed E-state index contributed by atoms with van der Waals surface area (Å²) in [5, 5.41) is 33.8. The van der Waals surface area contributed by atoms with E-state index in [2.05, 4.69) is 23.3 Å². The summed E-state index contributed by atoms with van der Waals surface area (Å²) in [6, 6.07) is 6.41. The van der Waals surface area contributed by atoms with Gasteiger partial charge in [-0.05, 0) is 43.2 Å². The quantitative estimate of drug-likeness (QED) is 0.853. The van der Waals surface area contributed by atoms with E-state index in [1.165, 1.54) is 0 Å². The molecular formula is C18H18N6. The lowest BCUT2D eigenvalue weighted by molar-refractivity contribution is 0.316. The van der Waals surface area contributed by atoms with E-state index in [1.807, 2.05) is 26.2 Å². The summed E-state index contributed by atoms with van der Waals surface area (Å²) >= 11 is 0. The second-order valence-corrected chi connectivity index (χ2v) is 6.45. The van der Waals surface area contributed by atoms with Gasteiger partial charge in [-0.3, -0.25) is 4.68 Å². The Kier molecular flexibility index (Phi) is 3.66. The zero-order valence-corrected chi connectivity index (χ0v) is 13.7. The number of aromatic nitrogens is 2. The molecule has 1 aromatic heterocycles. The maximum absolute atomic E-state index is 9.90. The lowest BCUT2D eigenvalue weighted by atomic mass is 9.57. The average Bonchev–Trinajstić information content (AvgIpc) is 2.92. The van der Waals surface area contributed by atoms with Crippen LogP contribution in [0, 0.1) is 52.2 Å². The third-order valence-corrected chi connectivity index (χ3v) is 5.19. The SMILES string of the molecule is Cc1nn(C)cc1C1C2CCCC=C2C(C#N)=C(N)C1(C#N)C#N. The van der Waals surface area contributed by atoms with Gasteiger partial charge < -0.3 is 5.73 Å². The number of fused-ring (bicyclic) bond motifs is 1. The standard InChI is InChI=1S/C18H18N6/c1-11-15(8-24(2)23-11)16-13-6-4-3-5-12(13)14(7-19)17(22)18(16,9-20)10-21/h5,8,13,16H,3-4,6,22H2,1-2H3. The molecule has 2 N–H and O–H groups in total. The molecule has 0 spiro atoms. The lowest BCUT2D eigenvalue weighted by Crippen LogP contribution is -2.42. The van der Waals surface area contributed by atoms with Crippen molar-refractivity contribution in [3.63, 3.8) is 0 Å². The normalized spacial score (nSPS) is 25.0. The first-order valence-corrected chi connectivity index (χ1v) is 7.93. The van der Waals surface area contributed by atoms with E-state index in [1.54, 1.807) is 4.68 Å². The topological polar surface area (TPSA) is 115 Å². The zero-order valence-electron chi connectivity index (χ0n) is 13.7. The Morgan fingerprint density at radius 3 is 2.58 bits per heavy atom. The van der Waals surface area contributed by atoms with E-state index in [9.17, 15) is 15.8 Å². The number of aryl methyl sites for hydroxylation is 2. The summed E-state index contributed by atoms with van der Waals surface area (Å²) in [4.78, 5) is 0. The second-order valence-electron chi connectivity index (χ2n) is 6.45. The molecule has 1 aromatic rings. The molecule has 0 aromatic carbocycles. The molecule has 0 amide bonds. The molecule has 3 rings (SSSR count). The fourth-order valence-corrected chi connectivity index (χ4v) is 4.14. The number of nitrogens with two attached hydrogens (primary N) is 1. The Morgan fingerprint density at radius 1 is 1.33 bits per heavy atom. The number of hydrogen-bond acceptors (Lipinski definition) is 5. The van der Waals surface area contributed by atoms with E-state index < -0.39 is 11.3 Å². The molecule has 0 fully saturated rings. The van der Waals surface area contributed by atoms with E-state index >= 15 is 0 Å². The molecule has 0 saturated heterocycles. The van der Waals surface area contributed by atoms with Crippen molar-refractivity contribution in [2.24, 2.45) is 24.1 Å². The van der Waals surface area contributed by atoms with Gasteiger partial charge in [0.05, 0.1) is 29.1 Å². The average molecular weight is 318 g/mol. The maximum atomic E-state index is 9.90. The van der Waals surface area contributed by atoms with Crippen molar-refractivity contribution in [2.45, 2.75) is 32.1 Å². The number of nitrogens with zero attached hydrogens (tertiary/aromatic N) is 5. The zero-order chi connectivity index (χ0) is 17.5. The minimum absolute atomic E-state index is 0.0668. The van der Waals surface area contributed by atoms with Crippen molar-refractivity contribution in [1.82, 2.24) is 9.78 Å². The summed E-state index contributed by atoms with van der Waals surface area (Å²) in [6.45, 7) is 1.88. The van der Waals surface area contributed by atoms with Crippen LogP contribution in [0.4, 0.5) is 0 Å². The molecule has 0 saturated carbocycles. The number of nitriles is 3. The van der Waals surface area contributed by atoms with Crippen molar-refractivity contribution in [3.8, 4) is 18.2 Å². The highest BCUT2D eigenvalue weighted by Gasteiger charge is 2.54. The molecule has 6 nitrogen and oxygen atoms in total. The summed E-state index contributed by atoms with van der Waals surface area (Å²) in [6.07, 6.45) is 6.58. The van der Waals surface area contributed by atoms with Gasteiger partial charge in [-0.2, -0.15) is 20.9 Å². The summed E-state index contributed by atoms with van der Waals surface area (Å²) in [5.41, 5.74) is 7.60. The Labute approximate surface area is 141 Å². The van der Waals surface area contributed by atoms with Crippen molar-refractivity contribution in [1.29, 1.82) is 15.8 Å². The van der Waals surface area contributed by atoms with Crippen LogP contribution in [-0.4, -0.2) is 9.78 Å². The Balaban J connectivity index is 2.36. The van der Waals surface area contributed by atoms with Gasteiger partial charge in [-0.1, -0.05) is 6.08 Å². The van der Waals surface area contributed by atoms with Crippen LogP contribution >= 0.6 is 0 Å². The van der Waals surface area contributed by atoms with Gasteiger partial charge in [-0.15, -0.1) is 0 Å². The van der Waals surface area contributed by atoms with Gasteiger partial charge in [0.1, 0.15) is 6.07 Å². The molecule has 0 bridgehead atoms. The van der Waals surface area contributed by atoms with Gasteiger partial charge >= 0.3 is 0 Å². The number of hydrogen-bond donors (Lipinski definition) is 1. The Morgan fingerprint density at radius 2 is 2.04 bits per heavy atom. The minimum atomic E-state index is -1.54. The van der Waals surface area contributed by atoms with Crippen LogP contribution in [0.15, 0.2) is 29.1 Å². The highest BCUT2D eigenvalue weighted by molar-refractivity contribution is 5.59. The van der Waals surface area contributed by atoms with Crippen molar-refractivity contribution >= 4 is 0 Å². The molecule has 2 atom stereocenters. The molecule has 2 aliphatic rings. The van der Waals surface area contributed by atoms with Crippen LogP contribution in [0.5, 0.6) is 0 Å². The van der Waals surface area contributed by atoms with Crippen molar-refractivity contribution in [2.75, 3.05) is 0 Å². The van der Waals surface area contributed by atoms with Crippen LogP contribution in [0.25, 0.3) is 0 Å². The van der Waals surface area contributed by atoms with Gasteiger partial charge in [-0.25, -0.2) is 0 Å².